The average molecular weight is 462 g/mol. The van der Waals surface area contributed by atoms with E-state index in [2.05, 4.69) is 10.4 Å². The van der Waals surface area contributed by atoms with Gasteiger partial charge in [0.2, 0.25) is 5.91 Å². The Labute approximate surface area is 197 Å². The van der Waals surface area contributed by atoms with Crippen LogP contribution < -0.4 is 10.1 Å². The molecule has 1 aliphatic rings. The molecule has 0 unspecified atom stereocenters. The number of piperazine rings is 1. The van der Waals surface area contributed by atoms with E-state index < -0.39 is 5.91 Å². The molecule has 9 nitrogen and oxygen atoms in total. The van der Waals surface area contributed by atoms with Crippen LogP contribution >= 0.6 is 0 Å². The first-order chi connectivity index (χ1) is 16.4. The van der Waals surface area contributed by atoms with Crippen molar-refractivity contribution in [1.82, 2.24) is 19.6 Å². The lowest BCUT2D eigenvalue weighted by Crippen LogP contribution is -2.52. The predicted molar refractivity (Wildman–Crippen MR) is 127 cm³/mol. The summed E-state index contributed by atoms with van der Waals surface area (Å²) in [5.41, 5.74) is 1.89. The molecule has 0 bridgehead atoms. The van der Waals surface area contributed by atoms with E-state index >= 15 is 0 Å². The van der Waals surface area contributed by atoms with Crippen molar-refractivity contribution < 1.29 is 19.1 Å². The van der Waals surface area contributed by atoms with Crippen LogP contribution in [0.3, 0.4) is 0 Å². The second kappa shape index (κ2) is 9.78. The molecule has 0 aliphatic carbocycles. The van der Waals surface area contributed by atoms with E-state index in [9.17, 15) is 14.4 Å². The van der Waals surface area contributed by atoms with Crippen LogP contribution in [0.25, 0.3) is 0 Å². The quantitative estimate of drug-likeness (QED) is 0.630. The second-order valence-electron chi connectivity index (χ2n) is 8.10. The van der Waals surface area contributed by atoms with Gasteiger partial charge in [-0.05, 0) is 24.3 Å². The highest BCUT2D eigenvalue weighted by atomic mass is 16.5. The van der Waals surface area contributed by atoms with Crippen molar-refractivity contribution in [3.8, 4) is 5.75 Å². The highest BCUT2D eigenvalue weighted by Crippen LogP contribution is 2.33. The topological polar surface area (TPSA) is 96.8 Å². The molecule has 1 atom stereocenters. The third-order valence-corrected chi connectivity index (χ3v) is 5.92. The van der Waals surface area contributed by atoms with Crippen LogP contribution in [0.1, 0.15) is 39.4 Å². The van der Waals surface area contributed by atoms with Gasteiger partial charge in [0.05, 0.1) is 24.4 Å². The maximum absolute atomic E-state index is 13.6. The first-order valence-electron chi connectivity index (χ1n) is 11.0. The summed E-state index contributed by atoms with van der Waals surface area (Å²) in [6.45, 7) is 2.61. The second-order valence-corrected chi connectivity index (χ2v) is 8.10. The summed E-state index contributed by atoms with van der Waals surface area (Å²) in [6, 6.07) is 15.7. The van der Waals surface area contributed by atoms with Crippen LogP contribution in [0.2, 0.25) is 0 Å². The standard InChI is InChI=1S/C25H27N5O4/c1-17(31)30-15-14-29(16-22(30)19-9-5-7-11-23(19)34-3)25(33)18-8-4-6-10-20(18)26-24(32)21-12-13-28(2)27-21/h4-13,22H,14-16H2,1-3H3,(H,26,32)/t22-/m1/s1. The van der Waals surface area contributed by atoms with Crippen molar-refractivity contribution in [3.05, 3.63) is 77.6 Å². The highest BCUT2D eigenvalue weighted by molar-refractivity contribution is 6.08. The van der Waals surface area contributed by atoms with Crippen LogP contribution in [0.15, 0.2) is 60.8 Å². The fraction of sp³-hybridized carbons (Fsp3) is 0.280. The van der Waals surface area contributed by atoms with E-state index in [4.69, 9.17) is 4.74 Å². The normalized spacial score (nSPS) is 15.7. The number of carbonyl (C=O) groups excluding carboxylic acids is 3. The lowest BCUT2D eigenvalue weighted by atomic mass is 10.00. The third kappa shape index (κ3) is 4.63. The Bertz CT molecular complexity index is 1220. The smallest absolute Gasteiger partial charge is 0.276 e. The zero-order valence-electron chi connectivity index (χ0n) is 19.4. The van der Waals surface area contributed by atoms with Gasteiger partial charge in [-0.25, -0.2) is 0 Å². The van der Waals surface area contributed by atoms with Crippen LogP contribution in [0.5, 0.6) is 5.75 Å². The molecule has 1 saturated heterocycles. The van der Waals surface area contributed by atoms with E-state index in [1.54, 1.807) is 65.2 Å². The molecular formula is C25H27N5O4. The molecule has 1 N–H and O–H groups in total. The first kappa shape index (κ1) is 23.0. The molecule has 3 aromatic rings. The fourth-order valence-electron chi connectivity index (χ4n) is 4.22. The summed E-state index contributed by atoms with van der Waals surface area (Å²) < 4.78 is 7.06. The number of hydrogen-bond donors (Lipinski definition) is 1. The maximum Gasteiger partial charge on any atom is 0.276 e. The lowest BCUT2D eigenvalue weighted by Gasteiger charge is -2.41. The minimum absolute atomic E-state index is 0.0639. The van der Waals surface area contributed by atoms with Crippen molar-refractivity contribution in [2.24, 2.45) is 7.05 Å². The van der Waals surface area contributed by atoms with Gasteiger partial charge in [0.25, 0.3) is 11.8 Å². The summed E-state index contributed by atoms with van der Waals surface area (Å²) in [6.07, 6.45) is 1.68. The molecule has 2 heterocycles. The Morgan fingerprint density at radius 3 is 2.47 bits per heavy atom. The summed E-state index contributed by atoms with van der Waals surface area (Å²) in [7, 11) is 3.32. The summed E-state index contributed by atoms with van der Waals surface area (Å²) in [5.74, 6) is -0.0173. The zero-order valence-corrected chi connectivity index (χ0v) is 19.4. The number of amides is 3. The van der Waals surface area contributed by atoms with Gasteiger partial charge in [-0.3, -0.25) is 19.1 Å². The van der Waals surface area contributed by atoms with E-state index in [-0.39, 0.29) is 23.6 Å². The first-order valence-corrected chi connectivity index (χ1v) is 11.0. The van der Waals surface area contributed by atoms with E-state index in [1.165, 1.54) is 6.92 Å². The number of hydrogen-bond acceptors (Lipinski definition) is 5. The van der Waals surface area contributed by atoms with E-state index in [1.807, 2.05) is 24.3 Å². The van der Waals surface area contributed by atoms with Gasteiger partial charge >= 0.3 is 0 Å². The predicted octanol–water partition coefficient (Wildman–Crippen LogP) is 2.73. The number of nitrogens with one attached hydrogen (secondary N) is 1. The Morgan fingerprint density at radius 2 is 1.76 bits per heavy atom. The van der Waals surface area contributed by atoms with Gasteiger partial charge in [0, 0.05) is 45.4 Å². The summed E-state index contributed by atoms with van der Waals surface area (Å²) in [4.78, 5) is 42.0. The van der Waals surface area contributed by atoms with Gasteiger partial charge in [-0.2, -0.15) is 5.10 Å². The number of nitrogens with zero attached hydrogens (tertiary/aromatic N) is 4. The zero-order chi connectivity index (χ0) is 24.2. The lowest BCUT2D eigenvalue weighted by molar-refractivity contribution is -0.133. The van der Waals surface area contributed by atoms with Crippen LogP contribution in [-0.4, -0.2) is 64.0 Å². The highest BCUT2D eigenvalue weighted by Gasteiger charge is 2.34. The Hall–Kier alpha value is -4.14. The average Bonchev–Trinajstić information content (AvgIpc) is 3.30. The molecule has 34 heavy (non-hydrogen) atoms. The third-order valence-electron chi connectivity index (χ3n) is 5.92. The molecule has 3 amide bonds. The number of para-hydroxylation sites is 2. The Balaban J connectivity index is 1.60. The van der Waals surface area contributed by atoms with Crippen molar-refractivity contribution in [3.63, 3.8) is 0 Å². The molecule has 1 fully saturated rings. The van der Waals surface area contributed by atoms with Crippen molar-refractivity contribution in [1.29, 1.82) is 0 Å². The number of anilines is 1. The van der Waals surface area contributed by atoms with Gasteiger partial charge in [-0.15, -0.1) is 0 Å². The molecule has 0 spiro atoms. The molecule has 2 aromatic carbocycles. The molecule has 4 rings (SSSR count). The number of benzene rings is 2. The van der Waals surface area contributed by atoms with Crippen molar-refractivity contribution in [2.75, 3.05) is 32.1 Å². The number of methoxy groups -OCH3 is 1. The van der Waals surface area contributed by atoms with Crippen molar-refractivity contribution >= 4 is 23.4 Å². The number of rotatable bonds is 5. The molecule has 1 aromatic heterocycles. The molecular weight excluding hydrogens is 434 g/mol. The molecule has 9 heteroatoms. The van der Waals surface area contributed by atoms with Gasteiger partial charge < -0.3 is 19.9 Å². The number of carbonyl (C=O) groups is 3. The number of aromatic nitrogens is 2. The van der Waals surface area contributed by atoms with E-state index in [0.29, 0.717) is 36.6 Å². The molecule has 176 valence electrons. The van der Waals surface area contributed by atoms with Gasteiger partial charge in [0.1, 0.15) is 5.75 Å². The van der Waals surface area contributed by atoms with E-state index in [0.717, 1.165) is 5.56 Å². The summed E-state index contributed by atoms with van der Waals surface area (Å²) in [5, 5.41) is 6.92. The largest absolute Gasteiger partial charge is 0.496 e. The monoisotopic (exact) mass is 461 g/mol. The minimum atomic E-state index is -0.394. The van der Waals surface area contributed by atoms with Crippen LogP contribution in [-0.2, 0) is 11.8 Å². The Morgan fingerprint density at radius 1 is 1.03 bits per heavy atom. The van der Waals surface area contributed by atoms with Crippen LogP contribution in [0.4, 0.5) is 5.69 Å². The SMILES string of the molecule is COc1ccccc1[C@H]1CN(C(=O)c2ccccc2NC(=O)c2ccn(C)n2)CCN1C(C)=O. The number of ether oxygens (including phenoxy) is 1. The molecule has 0 saturated carbocycles. The van der Waals surface area contributed by atoms with Gasteiger partial charge in [0.15, 0.2) is 5.69 Å². The Kier molecular flexibility index (Phi) is 6.62. The minimum Gasteiger partial charge on any atom is -0.496 e. The van der Waals surface area contributed by atoms with Gasteiger partial charge in [-0.1, -0.05) is 30.3 Å². The molecule has 1 aliphatic heterocycles. The maximum atomic E-state index is 13.6. The van der Waals surface area contributed by atoms with Crippen LogP contribution in [0, 0.1) is 0 Å². The fourth-order valence-corrected chi connectivity index (χ4v) is 4.22. The van der Waals surface area contributed by atoms with Crippen molar-refractivity contribution in [2.45, 2.75) is 13.0 Å². The molecule has 0 radical (unpaired) electrons. The summed E-state index contributed by atoms with van der Waals surface area (Å²) >= 11 is 0. The number of aryl methyl sites for hydroxylation is 1.